The minimum atomic E-state index is -0.485. The molecule has 1 aromatic heterocycles. The third-order valence-electron chi connectivity index (χ3n) is 2.72. The molecule has 0 atom stereocenters. The highest BCUT2D eigenvalue weighted by Gasteiger charge is 2.14. The molecule has 0 aliphatic carbocycles. The van der Waals surface area contributed by atoms with E-state index in [1.165, 1.54) is 12.1 Å². The van der Waals surface area contributed by atoms with Crippen LogP contribution in [-0.2, 0) is 11.2 Å². The highest BCUT2D eigenvalue weighted by atomic mass is 79.9. The molecular weight excluding hydrogens is 315 g/mol. The number of aryl methyl sites for hydroxylation is 2. The molecule has 0 aliphatic heterocycles. The smallest absolute Gasteiger partial charge is 0.229 e. The summed E-state index contributed by atoms with van der Waals surface area (Å²) in [5.74, 6) is -0.193. The normalized spacial score (nSPS) is 10.5. The van der Waals surface area contributed by atoms with E-state index < -0.39 is 5.82 Å². The van der Waals surface area contributed by atoms with Crippen molar-refractivity contribution < 1.29 is 13.7 Å². The van der Waals surface area contributed by atoms with E-state index in [1.54, 1.807) is 19.9 Å². The van der Waals surface area contributed by atoms with E-state index in [0.29, 0.717) is 15.9 Å². The Labute approximate surface area is 118 Å². The lowest BCUT2D eigenvalue weighted by Gasteiger charge is -2.06. The van der Waals surface area contributed by atoms with Crippen molar-refractivity contribution in [3.8, 4) is 0 Å². The second kappa shape index (κ2) is 5.52. The van der Waals surface area contributed by atoms with Gasteiger partial charge in [0.2, 0.25) is 5.91 Å². The van der Waals surface area contributed by atoms with Gasteiger partial charge in [0, 0.05) is 10.0 Å². The fourth-order valence-electron chi connectivity index (χ4n) is 1.70. The summed E-state index contributed by atoms with van der Waals surface area (Å²) in [5.41, 5.74) is 1.55. The zero-order chi connectivity index (χ0) is 14.0. The number of hydrogen-bond acceptors (Lipinski definition) is 3. The summed E-state index contributed by atoms with van der Waals surface area (Å²) in [6.07, 6.45) is 0.108. The first kappa shape index (κ1) is 13.7. The molecule has 0 fully saturated rings. The van der Waals surface area contributed by atoms with Crippen LogP contribution < -0.4 is 5.32 Å². The molecule has 2 rings (SSSR count). The van der Waals surface area contributed by atoms with Crippen molar-refractivity contribution in [2.45, 2.75) is 20.3 Å². The number of anilines is 1. The average molecular weight is 327 g/mol. The van der Waals surface area contributed by atoms with Gasteiger partial charge in [-0.15, -0.1) is 0 Å². The van der Waals surface area contributed by atoms with Crippen LogP contribution in [0.25, 0.3) is 0 Å². The first-order valence-corrected chi connectivity index (χ1v) is 6.43. The monoisotopic (exact) mass is 326 g/mol. The van der Waals surface area contributed by atoms with Gasteiger partial charge in [0.1, 0.15) is 11.6 Å². The SMILES string of the molecule is Cc1noc(C)c1CC(=O)Nc1ccc(Br)cc1F. The van der Waals surface area contributed by atoms with Gasteiger partial charge in [-0.2, -0.15) is 0 Å². The third-order valence-corrected chi connectivity index (χ3v) is 3.22. The first-order valence-electron chi connectivity index (χ1n) is 5.64. The second-order valence-corrected chi connectivity index (χ2v) is 5.07. The molecule has 2 aromatic rings. The van der Waals surface area contributed by atoms with E-state index in [1.807, 2.05) is 0 Å². The van der Waals surface area contributed by atoms with E-state index in [0.717, 1.165) is 5.56 Å². The molecule has 100 valence electrons. The van der Waals surface area contributed by atoms with E-state index in [9.17, 15) is 9.18 Å². The zero-order valence-electron chi connectivity index (χ0n) is 10.5. The number of aromatic nitrogens is 1. The van der Waals surface area contributed by atoms with Crippen LogP contribution in [0.15, 0.2) is 27.2 Å². The van der Waals surface area contributed by atoms with E-state index in [2.05, 4.69) is 26.4 Å². The Bertz CT molecular complexity index is 606. The molecule has 0 aliphatic rings. The number of carbonyl (C=O) groups excluding carboxylic acids is 1. The number of benzene rings is 1. The standard InChI is InChI=1S/C13H12BrFN2O2/c1-7-10(8(2)19-17-7)6-13(18)16-12-4-3-9(14)5-11(12)15/h3-5H,6H2,1-2H3,(H,16,18). The van der Waals surface area contributed by atoms with Gasteiger partial charge in [0.15, 0.2) is 0 Å². The predicted molar refractivity (Wildman–Crippen MR) is 72.4 cm³/mol. The Morgan fingerprint density at radius 2 is 2.21 bits per heavy atom. The summed E-state index contributed by atoms with van der Waals surface area (Å²) in [4.78, 5) is 11.9. The van der Waals surface area contributed by atoms with Crippen LogP contribution in [0.5, 0.6) is 0 Å². The van der Waals surface area contributed by atoms with Gasteiger partial charge in [0.05, 0.1) is 17.8 Å². The van der Waals surface area contributed by atoms with Crippen LogP contribution in [0.2, 0.25) is 0 Å². The maximum Gasteiger partial charge on any atom is 0.229 e. The van der Waals surface area contributed by atoms with Crippen LogP contribution in [0.1, 0.15) is 17.0 Å². The molecule has 0 bridgehead atoms. The molecule has 4 nitrogen and oxygen atoms in total. The van der Waals surface area contributed by atoms with Gasteiger partial charge in [0.25, 0.3) is 0 Å². The topological polar surface area (TPSA) is 55.1 Å². The molecule has 19 heavy (non-hydrogen) atoms. The second-order valence-electron chi connectivity index (χ2n) is 4.15. The average Bonchev–Trinajstić information content (AvgIpc) is 2.65. The van der Waals surface area contributed by atoms with E-state index >= 15 is 0 Å². The number of amides is 1. The Balaban J connectivity index is 2.10. The highest BCUT2D eigenvalue weighted by molar-refractivity contribution is 9.10. The van der Waals surface area contributed by atoms with Gasteiger partial charge in [-0.25, -0.2) is 4.39 Å². The van der Waals surface area contributed by atoms with Gasteiger partial charge < -0.3 is 9.84 Å². The maximum absolute atomic E-state index is 13.6. The Hall–Kier alpha value is -1.69. The van der Waals surface area contributed by atoms with Crippen molar-refractivity contribution in [3.05, 3.63) is 45.5 Å². The van der Waals surface area contributed by atoms with Crippen molar-refractivity contribution in [1.82, 2.24) is 5.16 Å². The van der Waals surface area contributed by atoms with Crippen molar-refractivity contribution >= 4 is 27.5 Å². The van der Waals surface area contributed by atoms with Crippen LogP contribution in [0.4, 0.5) is 10.1 Å². The molecule has 6 heteroatoms. The van der Waals surface area contributed by atoms with Gasteiger partial charge in [-0.05, 0) is 32.0 Å². The molecule has 0 spiro atoms. The van der Waals surface area contributed by atoms with Crippen LogP contribution >= 0.6 is 15.9 Å². The van der Waals surface area contributed by atoms with Gasteiger partial charge >= 0.3 is 0 Å². The van der Waals surface area contributed by atoms with Crippen molar-refractivity contribution in [1.29, 1.82) is 0 Å². The van der Waals surface area contributed by atoms with Gasteiger partial charge in [-0.3, -0.25) is 4.79 Å². The summed E-state index contributed by atoms with van der Waals surface area (Å²) < 4.78 is 19.2. The van der Waals surface area contributed by atoms with Gasteiger partial charge in [-0.1, -0.05) is 21.1 Å². The summed E-state index contributed by atoms with van der Waals surface area (Å²) >= 11 is 3.16. The Morgan fingerprint density at radius 1 is 1.47 bits per heavy atom. The van der Waals surface area contributed by atoms with Crippen LogP contribution in [-0.4, -0.2) is 11.1 Å². The molecule has 1 heterocycles. The number of nitrogens with zero attached hydrogens (tertiary/aromatic N) is 1. The molecule has 1 amide bonds. The fourth-order valence-corrected chi connectivity index (χ4v) is 2.03. The number of nitrogens with one attached hydrogen (secondary N) is 1. The molecular formula is C13H12BrFN2O2. The van der Waals surface area contributed by atoms with Crippen molar-refractivity contribution in [2.75, 3.05) is 5.32 Å². The quantitative estimate of drug-likeness (QED) is 0.940. The van der Waals surface area contributed by atoms with E-state index in [4.69, 9.17) is 4.52 Å². The number of carbonyl (C=O) groups is 1. The number of rotatable bonds is 3. The van der Waals surface area contributed by atoms with Crippen LogP contribution in [0, 0.1) is 19.7 Å². The Kier molecular flexibility index (Phi) is 3.99. The Morgan fingerprint density at radius 3 is 2.79 bits per heavy atom. The molecule has 0 radical (unpaired) electrons. The lowest BCUT2D eigenvalue weighted by Crippen LogP contribution is -2.16. The molecule has 1 N–H and O–H groups in total. The third kappa shape index (κ3) is 3.20. The largest absolute Gasteiger partial charge is 0.361 e. The predicted octanol–water partition coefficient (Wildman–Crippen LogP) is 3.37. The van der Waals surface area contributed by atoms with Crippen molar-refractivity contribution in [2.24, 2.45) is 0 Å². The zero-order valence-corrected chi connectivity index (χ0v) is 12.0. The highest BCUT2D eigenvalue weighted by Crippen LogP contribution is 2.20. The lowest BCUT2D eigenvalue weighted by molar-refractivity contribution is -0.115. The molecule has 0 unspecified atom stereocenters. The number of hydrogen-bond donors (Lipinski definition) is 1. The summed E-state index contributed by atoms with van der Waals surface area (Å²) in [5, 5.41) is 6.30. The molecule has 0 saturated carbocycles. The maximum atomic E-state index is 13.6. The molecule has 1 aromatic carbocycles. The molecule has 0 saturated heterocycles. The summed E-state index contributed by atoms with van der Waals surface area (Å²) in [7, 11) is 0. The minimum absolute atomic E-state index is 0.108. The minimum Gasteiger partial charge on any atom is -0.361 e. The number of halogens is 2. The van der Waals surface area contributed by atoms with Crippen LogP contribution in [0.3, 0.4) is 0 Å². The lowest BCUT2D eigenvalue weighted by atomic mass is 10.1. The summed E-state index contributed by atoms with van der Waals surface area (Å²) in [6.45, 7) is 3.50. The van der Waals surface area contributed by atoms with Crippen molar-refractivity contribution in [3.63, 3.8) is 0 Å². The summed E-state index contributed by atoms with van der Waals surface area (Å²) in [6, 6.07) is 4.46. The fraction of sp³-hybridized carbons (Fsp3) is 0.231. The first-order chi connectivity index (χ1) is 8.97. The van der Waals surface area contributed by atoms with E-state index in [-0.39, 0.29) is 18.0 Å².